The molecule has 0 bridgehead atoms. The van der Waals surface area contributed by atoms with Crippen LogP contribution in [-0.2, 0) is 22.7 Å². The number of nitrogens with one attached hydrogen (secondary N) is 1. The van der Waals surface area contributed by atoms with Crippen molar-refractivity contribution in [1.82, 2.24) is 10.2 Å². The zero-order valence-electron chi connectivity index (χ0n) is 17.8. The second kappa shape index (κ2) is 9.88. The Hall–Kier alpha value is -3.31. The highest BCUT2D eigenvalue weighted by Crippen LogP contribution is 2.43. The van der Waals surface area contributed by atoms with Gasteiger partial charge in [0.15, 0.2) is 0 Å². The highest BCUT2D eigenvalue weighted by molar-refractivity contribution is 6.30. The minimum atomic E-state index is -0.537. The Morgan fingerprint density at radius 3 is 2.19 bits per heavy atom. The first-order valence-electron chi connectivity index (χ1n) is 10.6. The number of nitrogens with zero attached hydrogens (tertiary/aromatic N) is 1. The van der Waals surface area contributed by atoms with Crippen LogP contribution in [0, 0.1) is 5.92 Å². The fourth-order valence-corrected chi connectivity index (χ4v) is 4.23. The van der Waals surface area contributed by atoms with Gasteiger partial charge in [-0.15, -0.1) is 0 Å². The highest BCUT2D eigenvalue weighted by atomic mass is 35.5. The minimum Gasteiger partial charge on any atom is -0.445 e. The molecular weight excluding hydrogens is 424 g/mol. The van der Waals surface area contributed by atoms with Gasteiger partial charge in [-0.3, -0.25) is 4.79 Å². The van der Waals surface area contributed by atoms with Crippen molar-refractivity contribution < 1.29 is 14.3 Å². The summed E-state index contributed by atoms with van der Waals surface area (Å²) in [6.07, 6.45) is -0.537. The lowest BCUT2D eigenvalue weighted by atomic mass is 9.77. The number of amides is 2. The largest absolute Gasteiger partial charge is 0.445 e. The van der Waals surface area contributed by atoms with Gasteiger partial charge in [0.05, 0.1) is 12.0 Å². The molecule has 0 aliphatic carbocycles. The monoisotopic (exact) mass is 448 g/mol. The number of hydrogen-bond acceptors (Lipinski definition) is 3. The van der Waals surface area contributed by atoms with E-state index in [-0.39, 0.29) is 24.5 Å². The van der Waals surface area contributed by atoms with Crippen LogP contribution in [0.5, 0.6) is 0 Å². The molecule has 0 radical (unpaired) electrons. The number of rotatable bonds is 7. The molecule has 0 saturated carbocycles. The molecule has 2 amide bonds. The van der Waals surface area contributed by atoms with Gasteiger partial charge in [0.1, 0.15) is 6.61 Å². The number of hydrogen-bond donors (Lipinski definition) is 1. The molecule has 1 saturated heterocycles. The lowest BCUT2D eigenvalue weighted by molar-refractivity contribution is -0.160. The van der Waals surface area contributed by atoms with Crippen LogP contribution in [0.25, 0.3) is 0 Å². The fraction of sp³-hybridized carbons (Fsp3) is 0.231. The maximum absolute atomic E-state index is 13.1. The summed E-state index contributed by atoms with van der Waals surface area (Å²) in [6, 6.07) is 26.3. The smallest absolute Gasteiger partial charge is 0.407 e. The summed E-state index contributed by atoms with van der Waals surface area (Å²) in [5.41, 5.74) is 2.95. The molecule has 1 aliphatic heterocycles. The SMILES string of the molecule is C[C@H](NC(=O)OCc1ccccc1)[C@@H]1C(=O)N(Cc2ccccc2)[C@H]1c1ccc(Cl)cc1. The lowest BCUT2D eigenvalue weighted by Gasteiger charge is -2.50. The third kappa shape index (κ3) is 4.94. The van der Waals surface area contributed by atoms with Crippen LogP contribution in [0.3, 0.4) is 0 Å². The molecule has 3 aromatic rings. The number of likely N-dealkylation sites (tertiary alicyclic amines) is 1. The number of benzene rings is 3. The number of carbonyl (C=O) groups excluding carboxylic acids is 2. The number of alkyl carbamates (subject to hydrolysis) is 1. The topological polar surface area (TPSA) is 58.6 Å². The van der Waals surface area contributed by atoms with E-state index in [1.807, 2.05) is 96.8 Å². The predicted molar refractivity (Wildman–Crippen MR) is 124 cm³/mol. The summed E-state index contributed by atoms with van der Waals surface area (Å²) < 4.78 is 5.34. The van der Waals surface area contributed by atoms with Crippen LogP contribution in [-0.4, -0.2) is 22.9 Å². The van der Waals surface area contributed by atoms with Crippen LogP contribution in [0.2, 0.25) is 5.02 Å². The molecule has 4 rings (SSSR count). The number of halogens is 1. The quantitative estimate of drug-likeness (QED) is 0.495. The summed E-state index contributed by atoms with van der Waals surface area (Å²) in [5, 5.41) is 3.48. The van der Waals surface area contributed by atoms with Crippen molar-refractivity contribution >= 4 is 23.6 Å². The van der Waals surface area contributed by atoms with E-state index < -0.39 is 12.1 Å². The van der Waals surface area contributed by atoms with Gasteiger partial charge in [0, 0.05) is 17.6 Å². The summed E-state index contributed by atoms with van der Waals surface area (Å²) in [7, 11) is 0. The molecule has 1 fully saturated rings. The van der Waals surface area contributed by atoms with Crippen LogP contribution in [0.1, 0.15) is 29.7 Å². The second-order valence-electron chi connectivity index (χ2n) is 7.97. The Kier molecular flexibility index (Phi) is 6.76. The summed E-state index contributed by atoms with van der Waals surface area (Å²) in [6.45, 7) is 2.53. The average molecular weight is 449 g/mol. The van der Waals surface area contributed by atoms with E-state index in [1.165, 1.54) is 0 Å². The molecule has 32 heavy (non-hydrogen) atoms. The van der Waals surface area contributed by atoms with E-state index in [0.717, 1.165) is 16.7 Å². The van der Waals surface area contributed by atoms with Crippen molar-refractivity contribution in [2.24, 2.45) is 5.92 Å². The van der Waals surface area contributed by atoms with Crippen LogP contribution >= 0.6 is 11.6 Å². The Labute approximate surface area is 193 Å². The molecule has 0 spiro atoms. The van der Waals surface area contributed by atoms with Crippen LogP contribution < -0.4 is 5.32 Å². The minimum absolute atomic E-state index is 0.00432. The lowest BCUT2D eigenvalue weighted by Crippen LogP contribution is -2.61. The fourth-order valence-electron chi connectivity index (χ4n) is 4.11. The molecule has 164 valence electrons. The molecule has 3 aromatic carbocycles. The van der Waals surface area contributed by atoms with Gasteiger partial charge in [-0.25, -0.2) is 4.79 Å². The summed E-state index contributed by atoms with van der Waals surface area (Å²) >= 11 is 6.07. The highest BCUT2D eigenvalue weighted by Gasteiger charge is 2.50. The van der Waals surface area contributed by atoms with E-state index in [9.17, 15) is 9.59 Å². The average Bonchev–Trinajstić information content (AvgIpc) is 2.81. The van der Waals surface area contributed by atoms with Gasteiger partial charge in [0.25, 0.3) is 0 Å². The van der Waals surface area contributed by atoms with E-state index in [4.69, 9.17) is 16.3 Å². The van der Waals surface area contributed by atoms with E-state index in [0.29, 0.717) is 11.6 Å². The first-order valence-corrected chi connectivity index (χ1v) is 11.0. The molecule has 5 nitrogen and oxygen atoms in total. The zero-order chi connectivity index (χ0) is 22.5. The standard InChI is InChI=1S/C26H25ClN2O3/c1-18(28-26(31)32-17-20-10-6-3-7-11-20)23-24(21-12-14-22(27)15-13-21)29(25(23)30)16-19-8-4-2-5-9-19/h2-15,18,23-24H,16-17H2,1H3,(H,28,31)/t18-,23-,24-/m0/s1. The zero-order valence-corrected chi connectivity index (χ0v) is 18.5. The maximum Gasteiger partial charge on any atom is 0.407 e. The third-order valence-electron chi connectivity index (χ3n) is 5.75. The van der Waals surface area contributed by atoms with Gasteiger partial charge in [-0.1, -0.05) is 84.4 Å². The molecule has 1 N–H and O–H groups in total. The van der Waals surface area contributed by atoms with Gasteiger partial charge >= 0.3 is 6.09 Å². The Balaban J connectivity index is 1.46. The first-order chi connectivity index (χ1) is 15.5. The van der Waals surface area contributed by atoms with Crippen molar-refractivity contribution in [3.8, 4) is 0 Å². The van der Waals surface area contributed by atoms with Crippen molar-refractivity contribution in [2.45, 2.75) is 32.2 Å². The predicted octanol–water partition coefficient (Wildman–Crippen LogP) is 5.35. The third-order valence-corrected chi connectivity index (χ3v) is 6.00. The molecule has 3 atom stereocenters. The molecule has 6 heteroatoms. The van der Waals surface area contributed by atoms with Crippen molar-refractivity contribution in [2.75, 3.05) is 0 Å². The number of ether oxygens (including phenoxy) is 1. The van der Waals surface area contributed by atoms with Crippen molar-refractivity contribution in [3.05, 3.63) is 107 Å². The molecule has 1 aliphatic rings. The van der Waals surface area contributed by atoms with E-state index in [2.05, 4.69) is 5.32 Å². The maximum atomic E-state index is 13.1. The van der Waals surface area contributed by atoms with Gasteiger partial charge in [-0.05, 0) is 35.7 Å². The number of β-lactam (4-membered cyclic amide) rings is 1. The Morgan fingerprint density at radius 2 is 1.56 bits per heavy atom. The molecule has 1 heterocycles. The van der Waals surface area contributed by atoms with Crippen molar-refractivity contribution in [3.63, 3.8) is 0 Å². The molecular formula is C26H25ClN2O3. The van der Waals surface area contributed by atoms with Crippen molar-refractivity contribution in [1.29, 1.82) is 0 Å². The van der Waals surface area contributed by atoms with Crippen LogP contribution in [0.15, 0.2) is 84.9 Å². The van der Waals surface area contributed by atoms with Gasteiger partial charge in [0.2, 0.25) is 5.91 Å². The summed E-state index contributed by atoms with van der Waals surface area (Å²) in [4.78, 5) is 27.3. The van der Waals surface area contributed by atoms with Gasteiger partial charge in [-0.2, -0.15) is 0 Å². The van der Waals surface area contributed by atoms with Gasteiger partial charge < -0.3 is 15.0 Å². The second-order valence-corrected chi connectivity index (χ2v) is 8.41. The normalized spacial score (nSPS) is 18.6. The summed E-state index contributed by atoms with van der Waals surface area (Å²) in [5.74, 6) is -0.381. The first kappa shape index (κ1) is 21.9. The number of carbonyl (C=O) groups is 2. The Morgan fingerprint density at radius 1 is 0.969 bits per heavy atom. The van der Waals surface area contributed by atoms with Crippen LogP contribution in [0.4, 0.5) is 4.79 Å². The molecule has 0 unspecified atom stereocenters. The van der Waals surface area contributed by atoms with E-state index >= 15 is 0 Å². The van der Waals surface area contributed by atoms with E-state index in [1.54, 1.807) is 0 Å². The molecule has 0 aromatic heterocycles. The Bertz CT molecular complexity index is 1060.